The first-order valence-electron chi connectivity index (χ1n) is 6.87. The number of amides is 2. The topological polar surface area (TPSA) is 94.6 Å². The molecule has 6 nitrogen and oxygen atoms in total. The van der Waals surface area contributed by atoms with Crippen molar-refractivity contribution in [3.8, 4) is 5.75 Å². The van der Waals surface area contributed by atoms with Crippen molar-refractivity contribution in [2.45, 2.75) is 0 Å². The molecule has 0 aliphatic rings. The Morgan fingerprint density at radius 1 is 1.09 bits per heavy atom. The lowest BCUT2D eigenvalue weighted by molar-refractivity contribution is 0.0977. The predicted molar refractivity (Wildman–Crippen MR) is 85.7 cm³/mol. The Hall–Kier alpha value is -3.28. The Balaban J connectivity index is 2.05. The minimum Gasteiger partial charge on any atom is -0.496 e. The number of anilines is 1. The van der Waals surface area contributed by atoms with Gasteiger partial charge in [-0.3, -0.25) is 9.59 Å². The summed E-state index contributed by atoms with van der Waals surface area (Å²) in [5, 5.41) is 3.29. The lowest BCUT2D eigenvalue weighted by Crippen LogP contribution is -2.17. The van der Waals surface area contributed by atoms with Crippen molar-refractivity contribution < 1.29 is 18.7 Å². The van der Waals surface area contributed by atoms with Crippen LogP contribution in [0.5, 0.6) is 5.75 Å². The second-order valence-electron chi connectivity index (χ2n) is 4.82. The highest BCUT2D eigenvalue weighted by Gasteiger charge is 2.21. The summed E-state index contributed by atoms with van der Waals surface area (Å²) in [6.07, 6.45) is 0. The Morgan fingerprint density at radius 3 is 2.52 bits per heavy atom. The monoisotopic (exact) mass is 310 g/mol. The number of furan rings is 1. The minimum absolute atomic E-state index is 0.0885. The van der Waals surface area contributed by atoms with E-state index in [9.17, 15) is 9.59 Å². The molecule has 1 aromatic heterocycles. The van der Waals surface area contributed by atoms with Gasteiger partial charge in [0.25, 0.3) is 11.8 Å². The van der Waals surface area contributed by atoms with E-state index in [0.29, 0.717) is 22.3 Å². The second-order valence-corrected chi connectivity index (χ2v) is 4.82. The van der Waals surface area contributed by atoms with Gasteiger partial charge in [-0.1, -0.05) is 24.3 Å². The van der Waals surface area contributed by atoms with Gasteiger partial charge in [0.05, 0.1) is 12.7 Å². The first kappa shape index (κ1) is 14.6. The van der Waals surface area contributed by atoms with E-state index in [-0.39, 0.29) is 11.4 Å². The van der Waals surface area contributed by atoms with Crippen LogP contribution in [0.15, 0.2) is 52.9 Å². The molecule has 0 atom stereocenters. The van der Waals surface area contributed by atoms with E-state index in [0.717, 1.165) is 0 Å². The zero-order valence-electron chi connectivity index (χ0n) is 12.3. The number of hydrogen-bond donors (Lipinski definition) is 2. The number of para-hydroxylation sites is 2. The number of rotatable bonds is 4. The maximum atomic E-state index is 12.5. The maximum Gasteiger partial charge on any atom is 0.286 e. The quantitative estimate of drug-likeness (QED) is 0.774. The Morgan fingerprint density at radius 2 is 1.78 bits per heavy atom. The van der Waals surface area contributed by atoms with Crippen molar-refractivity contribution in [2.24, 2.45) is 5.73 Å². The summed E-state index contributed by atoms with van der Waals surface area (Å²) in [6, 6.07) is 13.8. The second kappa shape index (κ2) is 5.84. The molecule has 3 rings (SSSR count). The fraction of sp³-hybridized carbons (Fsp3) is 0.0588. The van der Waals surface area contributed by atoms with Gasteiger partial charge in [-0.05, 0) is 24.3 Å². The number of carbonyl (C=O) groups is 2. The van der Waals surface area contributed by atoms with Crippen LogP contribution in [0.1, 0.15) is 20.9 Å². The van der Waals surface area contributed by atoms with Gasteiger partial charge in [-0.25, -0.2) is 0 Å². The summed E-state index contributed by atoms with van der Waals surface area (Å²) < 4.78 is 10.6. The molecule has 116 valence electrons. The normalized spacial score (nSPS) is 10.5. The van der Waals surface area contributed by atoms with Crippen LogP contribution in [-0.4, -0.2) is 18.9 Å². The predicted octanol–water partition coefficient (Wildman–Crippen LogP) is 2.79. The fourth-order valence-electron chi connectivity index (χ4n) is 2.36. The fourth-order valence-corrected chi connectivity index (χ4v) is 2.36. The van der Waals surface area contributed by atoms with Crippen LogP contribution < -0.4 is 15.8 Å². The Bertz CT molecular complexity index is 898. The largest absolute Gasteiger partial charge is 0.496 e. The van der Waals surface area contributed by atoms with Crippen LogP contribution in [-0.2, 0) is 0 Å². The van der Waals surface area contributed by atoms with E-state index >= 15 is 0 Å². The third-order valence-corrected chi connectivity index (χ3v) is 3.41. The first-order chi connectivity index (χ1) is 11.1. The SMILES string of the molecule is COc1ccccc1C(=O)Nc1c(C(N)=O)oc2ccccc12. The smallest absolute Gasteiger partial charge is 0.286 e. The average Bonchev–Trinajstić information content (AvgIpc) is 2.94. The lowest BCUT2D eigenvalue weighted by Gasteiger charge is -2.08. The number of ether oxygens (including phenoxy) is 1. The van der Waals surface area contributed by atoms with E-state index in [1.807, 2.05) is 0 Å². The number of nitrogens with one attached hydrogen (secondary N) is 1. The zero-order valence-corrected chi connectivity index (χ0v) is 12.3. The number of methoxy groups -OCH3 is 1. The molecule has 0 saturated heterocycles. The number of nitrogens with two attached hydrogens (primary N) is 1. The van der Waals surface area contributed by atoms with E-state index < -0.39 is 11.8 Å². The maximum absolute atomic E-state index is 12.5. The number of carbonyl (C=O) groups excluding carboxylic acids is 2. The highest BCUT2D eigenvalue weighted by molar-refractivity contribution is 6.14. The zero-order chi connectivity index (χ0) is 16.4. The molecule has 3 N–H and O–H groups in total. The highest BCUT2D eigenvalue weighted by atomic mass is 16.5. The summed E-state index contributed by atoms with van der Waals surface area (Å²) in [5.74, 6) is -0.832. The number of hydrogen-bond acceptors (Lipinski definition) is 4. The van der Waals surface area contributed by atoms with Crippen molar-refractivity contribution in [1.82, 2.24) is 0 Å². The minimum atomic E-state index is -0.753. The van der Waals surface area contributed by atoms with Gasteiger partial charge in [0, 0.05) is 5.39 Å². The van der Waals surface area contributed by atoms with Gasteiger partial charge in [-0.15, -0.1) is 0 Å². The lowest BCUT2D eigenvalue weighted by atomic mass is 10.1. The van der Waals surface area contributed by atoms with Gasteiger partial charge < -0.3 is 20.2 Å². The van der Waals surface area contributed by atoms with Crippen LogP contribution in [0.4, 0.5) is 5.69 Å². The molecule has 0 bridgehead atoms. The van der Waals surface area contributed by atoms with E-state index in [4.69, 9.17) is 14.9 Å². The van der Waals surface area contributed by atoms with Crippen LogP contribution in [0.3, 0.4) is 0 Å². The standard InChI is InChI=1S/C17H14N2O4/c1-22-12-8-4-3-7-11(12)17(21)19-14-10-6-2-5-9-13(10)23-15(14)16(18)20/h2-9H,1H3,(H2,18,20)(H,19,21). The Labute approximate surface area is 131 Å². The molecule has 0 saturated carbocycles. The molecule has 3 aromatic rings. The van der Waals surface area contributed by atoms with Crippen LogP contribution in [0.25, 0.3) is 11.0 Å². The molecule has 23 heavy (non-hydrogen) atoms. The van der Waals surface area contributed by atoms with Gasteiger partial charge in [-0.2, -0.15) is 0 Å². The molecule has 6 heteroatoms. The van der Waals surface area contributed by atoms with Crippen molar-refractivity contribution in [3.05, 3.63) is 59.9 Å². The third kappa shape index (κ3) is 2.62. The number of primary amides is 1. The molecule has 0 unspecified atom stereocenters. The average molecular weight is 310 g/mol. The van der Waals surface area contributed by atoms with Gasteiger partial charge in [0.2, 0.25) is 5.76 Å². The summed E-state index contributed by atoms with van der Waals surface area (Å²) in [4.78, 5) is 24.1. The van der Waals surface area contributed by atoms with Crippen LogP contribution in [0.2, 0.25) is 0 Å². The highest BCUT2D eigenvalue weighted by Crippen LogP contribution is 2.31. The summed E-state index contributed by atoms with van der Waals surface area (Å²) in [7, 11) is 1.48. The molecule has 0 aliphatic heterocycles. The molecular weight excluding hydrogens is 296 g/mol. The van der Waals surface area contributed by atoms with E-state index in [1.165, 1.54) is 7.11 Å². The number of fused-ring (bicyclic) bond motifs is 1. The van der Waals surface area contributed by atoms with Crippen LogP contribution >= 0.6 is 0 Å². The van der Waals surface area contributed by atoms with Gasteiger partial charge in [0.15, 0.2) is 0 Å². The molecule has 2 aromatic carbocycles. The molecule has 0 spiro atoms. The summed E-state index contributed by atoms with van der Waals surface area (Å²) in [6.45, 7) is 0. The van der Waals surface area contributed by atoms with Gasteiger partial charge >= 0.3 is 0 Å². The van der Waals surface area contributed by atoms with Crippen molar-refractivity contribution in [3.63, 3.8) is 0 Å². The molecule has 2 amide bonds. The van der Waals surface area contributed by atoms with E-state index in [1.54, 1.807) is 48.5 Å². The molecule has 0 fully saturated rings. The van der Waals surface area contributed by atoms with Crippen LogP contribution in [0, 0.1) is 0 Å². The van der Waals surface area contributed by atoms with E-state index in [2.05, 4.69) is 5.32 Å². The third-order valence-electron chi connectivity index (χ3n) is 3.41. The molecular formula is C17H14N2O4. The molecule has 0 aliphatic carbocycles. The van der Waals surface area contributed by atoms with Gasteiger partial charge in [0.1, 0.15) is 17.0 Å². The Kier molecular flexibility index (Phi) is 3.72. The summed E-state index contributed by atoms with van der Waals surface area (Å²) in [5.41, 5.74) is 6.41. The van der Waals surface area contributed by atoms with Crippen molar-refractivity contribution in [2.75, 3.05) is 12.4 Å². The summed E-state index contributed by atoms with van der Waals surface area (Å²) >= 11 is 0. The van der Waals surface area contributed by atoms with Crippen molar-refractivity contribution in [1.29, 1.82) is 0 Å². The number of benzene rings is 2. The molecule has 1 heterocycles. The van der Waals surface area contributed by atoms with Crippen molar-refractivity contribution >= 4 is 28.5 Å². The first-order valence-corrected chi connectivity index (χ1v) is 6.87. The molecule has 0 radical (unpaired) electrons.